The lowest BCUT2D eigenvalue weighted by Gasteiger charge is -1.96. The molecule has 0 saturated carbocycles. The van der Waals surface area contributed by atoms with E-state index < -0.39 is 0 Å². The first-order valence-corrected chi connectivity index (χ1v) is 4.37. The van der Waals surface area contributed by atoms with E-state index in [1.54, 1.807) is 6.20 Å². The van der Waals surface area contributed by atoms with Crippen molar-refractivity contribution in [2.45, 2.75) is 13.5 Å². The van der Waals surface area contributed by atoms with Crippen LogP contribution < -0.4 is 5.90 Å². The molecule has 0 fully saturated rings. The van der Waals surface area contributed by atoms with Crippen LogP contribution in [0.3, 0.4) is 0 Å². The van der Waals surface area contributed by atoms with Crippen LogP contribution in [0.15, 0.2) is 22.9 Å². The van der Waals surface area contributed by atoms with Gasteiger partial charge < -0.3 is 4.52 Å². The van der Waals surface area contributed by atoms with Crippen molar-refractivity contribution in [2.24, 2.45) is 5.90 Å². The minimum Gasteiger partial charge on any atom is -0.336 e. The summed E-state index contributed by atoms with van der Waals surface area (Å²) in [6, 6.07) is 3.78. The van der Waals surface area contributed by atoms with Gasteiger partial charge in [-0.3, -0.25) is 9.82 Å². The fraction of sp³-hybridized carbons (Fsp3) is 0.222. The highest BCUT2D eigenvalue weighted by atomic mass is 16.6. The van der Waals surface area contributed by atoms with Crippen LogP contribution in [0, 0.1) is 6.92 Å². The average Bonchev–Trinajstić information content (AvgIpc) is 2.68. The van der Waals surface area contributed by atoms with Crippen molar-refractivity contribution in [3.8, 4) is 11.5 Å². The largest absolute Gasteiger partial charge is 0.336 e. The molecule has 0 aliphatic carbocycles. The first kappa shape index (κ1) is 9.75. The molecule has 2 aromatic heterocycles. The molecular weight excluding hydrogens is 196 g/mol. The Balaban J connectivity index is 2.33. The molecule has 2 aromatic rings. The summed E-state index contributed by atoms with van der Waals surface area (Å²) >= 11 is 0. The molecule has 0 radical (unpaired) electrons. The summed E-state index contributed by atoms with van der Waals surface area (Å²) in [6.07, 6.45) is 1.68. The van der Waals surface area contributed by atoms with Crippen LogP contribution in [0.25, 0.3) is 11.5 Å². The van der Waals surface area contributed by atoms with Gasteiger partial charge in [0.25, 0.3) is 5.89 Å². The minimum atomic E-state index is 0.0961. The van der Waals surface area contributed by atoms with E-state index in [0.29, 0.717) is 17.4 Å². The van der Waals surface area contributed by atoms with E-state index in [1.807, 2.05) is 19.1 Å². The first-order valence-electron chi connectivity index (χ1n) is 4.37. The van der Waals surface area contributed by atoms with Crippen molar-refractivity contribution in [1.29, 1.82) is 0 Å². The molecule has 78 valence electrons. The fourth-order valence-electron chi connectivity index (χ4n) is 1.20. The number of aromatic nitrogens is 3. The van der Waals surface area contributed by atoms with Crippen LogP contribution in [0.1, 0.15) is 11.5 Å². The highest BCUT2D eigenvalue weighted by Gasteiger charge is 2.11. The Labute approximate surface area is 86.0 Å². The Bertz CT molecular complexity index is 455. The summed E-state index contributed by atoms with van der Waals surface area (Å²) in [6.45, 7) is 2.02. The molecule has 2 heterocycles. The second-order valence-corrected chi connectivity index (χ2v) is 2.99. The van der Waals surface area contributed by atoms with Gasteiger partial charge in [0.05, 0.1) is 0 Å². The predicted molar refractivity (Wildman–Crippen MR) is 51.2 cm³/mol. The molecule has 0 unspecified atom stereocenters. The van der Waals surface area contributed by atoms with Crippen molar-refractivity contribution < 1.29 is 9.36 Å². The van der Waals surface area contributed by atoms with Gasteiger partial charge in [-0.15, -0.1) is 0 Å². The number of nitrogens with zero attached hydrogens (tertiary/aromatic N) is 3. The van der Waals surface area contributed by atoms with Gasteiger partial charge in [-0.2, -0.15) is 4.98 Å². The van der Waals surface area contributed by atoms with E-state index in [4.69, 9.17) is 10.4 Å². The van der Waals surface area contributed by atoms with E-state index in [-0.39, 0.29) is 6.61 Å². The summed E-state index contributed by atoms with van der Waals surface area (Å²) in [5.74, 6) is 5.67. The van der Waals surface area contributed by atoms with E-state index in [9.17, 15) is 0 Å². The van der Waals surface area contributed by atoms with Crippen molar-refractivity contribution in [3.05, 3.63) is 29.8 Å². The average molecular weight is 206 g/mol. The number of nitrogens with two attached hydrogens (primary N) is 1. The summed E-state index contributed by atoms with van der Waals surface area (Å²) in [5.41, 5.74) is 1.68. The van der Waals surface area contributed by atoms with E-state index >= 15 is 0 Å². The third kappa shape index (κ3) is 2.00. The van der Waals surface area contributed by atoms with E-state index in [1.165, 1.54) is 0 Å². The maximum atomic E-state index is 4.91. The number of aryl methyl sites for hydroxylation is 1. The normalized spacial score (nSPS) is 10.5. The second kappa shape index (κ2) is 4.16. The van der Waals surface area contributed by atoms with Crippen LogP contribution >= 0.6 is 0 Å². The predicted octanol–water partition coefficient (Wildman–Crippen LogP) is 0.830. The summed E-state index contributed by atoms with van der Waals surface area (Å²) in [4.78, 5) is 12.6. The first-order chi connectivity index (χ1) is 7.31. The lowest BCUT2D eigenvalue weighted by Crippen LogP contribution is -1.98. The van der Waals surface area contributed by atoms with Gasteiger partial charge in [0.2, 0.25) is 5.82 Å². The van der Waals surface area contributed by atoms with Crippen LogP contribution in [0.5, 0.6) is 0 Å². The van der Waals surface area contributed by atoms with Crippen LogP contribution in [-0.2, 0) is 11.4 Å². The zero-order valence-electron chi connectivity index (χ0n) is 8.17. The highest BCUT2D eigenvalue weighted by molar-refractivity contribution is 5.52. The highest BCUT2D eigenvalue weighted by Crippen LogP contribution is 2.16. The minimum absolute atomic E-state index is 0.0961. The summed E-state index contributed by atoms with van der Waals surface area (Å²) < 4.78 is 4.91. The molecule has 0 spiro atoms. The van der Waals surface area contributed by atoms with E-state index in [2.05, 4.69) is 20.0 Å². The maximum Gasteiger partial charge on any atom is 0.255 e. The molecule has 15 heavy (non-hydrogen) atoms. The third-order valence-corrected chi connectivity index (χ3v) is 1.90. The molecule has 0 aromatic carbocycles. The number of rotatable bonds is 3. The Kier molecular flexibility index (Phi) is 2.70. The lowest BCUT2D eigenvalue weighted by molar-refractivity contribution is 0.0996. The molecule has 6 heteroatoms. The van der Waals surface area contributed by atoms with Gasteiger partial charge in [0.1, 0.15) is 12.3 Å². The second-order valence-electron chi connectivity index (χ2n) is 2.99. The Hall–Kier alpha value is -1.79. The molecule has 0 saturated heterocycles. The van der Waals surface area contributed by atoms with Gasteiger partial charge in [0, 0.05) is 6.20 Å². The molecule has 0 aliphatic heterocycles. The number of pyridine rings is 1. The molecule has 0 aliphatic rings. The monoisotopic (exact) mass is 206 g/mol. The van der Waals surface area contributed by atoms with Crippen molar-refractivity contribution in [1.82, 2.24) is 15.1 Å². The summed E-state index contributed by atoms with van der Waals surface area (Å²) in [5, 5.41) is 3.78. The zero-order chi connectivity index (χ0) is 10.7. The van der Waals surface area contributed by atoms with Crippen LogP contribution in [0.4, 0.5) is 0 Å². The standard InChI is InChI=1S/C9H10N4O2/c1-6-3-2-4-11-8(6)9-12-7(5-14-10)15-13-9/h2-4H,5,10H2,1H3. The number of hydrogen-bond donors (Lipinski definition) is 1. The summed E-state index contributed by atoms with van der Waals surface area (Å²) in [7, 11) is 0. The molecule has 6 nitrogen and oxygen atoms in total. The Morgan fingerprint density at radius 1 is 1.53 bits per heavy atom. The SMILES string of the molecule is Cc1cccnc1-c1noc(CON)n1. The Morgan fingerprint density at radius 3 is 3.13 bits per heavy atom. The van der Waals surface area contributed by atoms with Gasteiger partial charge in [-0.25, -0.2) is 5.90 Å². The number of hydrogen-bond acceptors (Lipinski definition) is 6. The van der Waals surface area contributed by atoms with Gasteiger partial charge >= 0.3 is 0 Å². The topological polar surface area (TPSA) is 87.1 Å². The molecule has 2 rings (SSSR count). The molecule has 0 amide bonds. The zero-order valence-corrected chi connectivity index (χ0v) is 8.17. The maximum absolute atomic E-state index is 4.91. The molecule has 0 atom stereocenters. The van der Waals surface area contributed by atoms with Crippen molar-refractivity contribution >= 4 is 0 Å². The fourth-order valence-corrected chi connectivity index (χ4v) is 1.20. The van der Waals surface area contributed by atoms with Gasteiger partial charge in [0.15, 0.2) is 0 Å². The van der Waals surface area contributed by atoms with Gasteiger partial charge in [-0.05, 0) is 18.6 Å². The third-order valence-electron chi connectivity index (χ3n) is 1.90. The van der Waals surface area contributed by atoms with E-state index in [0.717, 1.165) is 5.56 Å². The lowest BCUT2D eigenvalue weighted by atomic mass is 10.2. The molecule has 0 bridgehead atoms. The Morgan fingerprint density at radius 2 is 2.40 bits per heavy atom. The van der Waals surface area contributed by atoms with Crippen molar-refractivity contribution in [2.75, 3.05) is 0 Å². The smallest absolute Gasteiger partial charge is 0.255 e. The molecule has 2 N–H and O–H groups in total. The molecular formula is C9H10N4O2. The van der Waals surface area contributed by atoms with Gasteiger partial charge in [-0.1, -0.05) is 11.2 Å². The van der Waals surface area contributed by atoms with Crippen LogP contribution in [0.2, 0.25) is 0 Å². The van der Waals surface area contributed by atoms with Crippen molar-refractivity contribution in [3.63, 3.8) is 0 Å². The van der Waals surface area contributed by atoms with Crippen LogP contribution in [-0.4, -0.2) is 15.1 Å². The quantitative estimate of drug-likeness (QED) is 0.748.